The predicted molar refractivity (Wildman–Crippen MR) is 61.1 cm³/mol. The van der Waals surface area contributed by atoms with Gasteiger partial charge in [-0.05, 0) is 11.1 Å². The summed E-state index contributed by atoms with van der Waals surface area (Å²) in [6, 6.07) is 7.65. The molecular formula is C10H11N3O2S. The van der Waals surface area contributed by atoms with Gasteiger partial charge < -0.3 is 5.11 Å². The van der Waals surface area contributed by atoms with E-state index in [1.165, 1.54) is 11.8 Å². The van der Waals surface area contributed by atoms with Gasteiger partial charge >= 0.3 is 5.69 Å². The van der Waals surface area contributed by atoms with Crippen LogP contribution in [0.5, 0.6) is 0 Å². The summed E-state index contributed by atoms with van der Waals surface area (Å²) >= 11 is 1.45. The van der Waals surface area contributed by atoms with Crippen LogP contribution in [0.4, 0.5) is 0 Å². The Balaban J connectivity index is 1.96. The molecule has 0 saturated heterocycles. The molecule has 6 heteroatoms. The number of H-pyrrole nitrogens is 2. The second-order valence-corrected chi connectivity index (χ2v) is 4.21. The molecule has 2 rings (SSSR count). The zero-order chi connectivity index (χ0) is 11.4. The minimum absolute atomic E-state index is 0.0557. The standard InChI is InChI=1S/C10H11N3O2S/c14-5-7-1-3-8(4-2-7)6-16-10-11-9(15)12-13-10/h1-4,14H,5-6H2,(H2,11,12,13,15). The molecule has 0 saturated carbocycles. The number of benzene rings is 1. The summed E-state index contributed by atoms with van der Waals surface area (Å²) in [5.41, 5.74) is 1.71. The highest BCUT2D eigenvalue weighted by Crippen LogP contribution is 2.17. The third-order valence-electron chi connectivity index (χ3n) is 2.06. The number of thioether (sulfide) groups is 1. The molecule has 3 N–H and O–H groups in total. The van der Waals surface area contributed by atoms with Gasteiger partial charge in [-0.1, -0.05) is 36.0 Å². The van der Waals surface area contributed by atoms with Crippen LogP contribution in [-0.4, -0.2) is 20.3 Å². The SMILES string of the molecule is O=c1[nH]nc(SCc2ccc(CO)cc2)[nH]1. The third-order valence-corrected chi connectivity index (χ3v) is 3.01. The monoisotopic (exact) mass is 237 g/mol. The molecule has 1 heterocycles. The predicted octanol–water partition coefficient (Wildman–Crippen LogP) is 0.883. The van der Waals surface area contributed by atoms with Crippen LogP contribution in [0.1, 0.15) is 11.1 Å². The molecule has 2 aromatic rings. The van der Waals surface area contributed by atoms with E-state index in [0.717, 1.165) is 16.9 Å². The molecule has 84 valence electrons. The first-order valence-electron chi connectivity index (χ1n) is 4.74. The van der Waals surface area contributed by atoms with Crippen molar-refractivity contribution in [3.63, 3.8) is 0 Å². The fourth-order valence-electron chi connectivity index (χ4n) is 1.22. The van der Waals surface area contributed by atoms with Gasteiger partial charge in [-0.25, -0.2) is 9.89 Å². The molecule has 0 aliphatic heterocycles. The summed E-state index contributed by atoms with van der Waals surface area (Å²) in [5, 5.41) is 15.6. The van der Waals surface area contributed by atoms with Crippen LogP contribution in [0.15, 0.2) is 34.2 Å². The summed E-state index contributed by atoms with van der Waals surface area (Å²) in [6.07, 6.45) is 0. The van der Waals surface area contributed by atoms with Crippen molar-refractivity contribution in [2.75, 3.05) is 0 Å². The maximum Gasteiger partial charge on any atom is 0.341 e. The second-order valence-electron chi connectivity index (χ2n) is 3.25. The maximum atomic E-state index is 10.8. The van der Waals surface area contributed by atoms with Gasteiger partial charge in [-0.2, -0.15) is 0 Å². The first-order valence-corrected chi connectivity index (χ1v) is 5.72. The Kier molecular flexibility index (Phi) is 3.43. The van der Waals surface area contributed by atoms with Gasteiger partial charge in [0.25, 0.3) is 0 Å². The quantitative estimate of drug-likeness (QED) is 0.689. The largest absolute Gasteiger partial charge is 0.392 e. The maximum absolute atomic E-state index is 10.8. The third kappa shape index (κ3) is 2.74. The van der Waals surface area contributed by atoms with E-state index in [4.69, 9.17) is 5.11 Å². The van der Waals surface area contributed by atoms with Gasteiger partial charge in [0.05, 0.1) is 6.61 Å². The Morgan fingerprint density at radius 1 is 1.25 bits per heavy atom. The van der Waals surface area contributed by atoms with Crippen molar-refractivity contribution in [1.29, 1.82) is 0 Å². The van der Waals surface area contributed by atoms with Crippen LogP contribution in [-0.2, 0) is 12.4 Å². The average Bonchev–Trinajstić information content (AvgIpc) is 2.73. The molecular weight excluding hydrogens is 226 g/mol. The second kappa shape index (κ2) is 5.00. The summed E-state index contributed by atoms with van der Waals surface area (Å²) in [7, 11) is 0. The normalized spacial score (nSPS) is 10.6. The lowest BCUT2D eigenvalue weighted by Crippen LogP contribution is -2.00. The number of aromatic nitrogens is 3. The lowest BCUT2D eigenvalue weighted by atomic mass is 10.2. The van der Waals surface area contributed by atoms with Gasteiger partial charge in [-0.3, -0.25) is 4.98 Å². The smallest absolute Gasteiger partial charge is 0.341 e. The Bertz CT molecular complexity index is 503. The molecule has 0 unspecified atom stereocenters. The number of nitrogens with one attached hydrogen (secondary N) is 2. The Hall–Kier alpha value is -1.53. The molecule has 5 nitrogen and oxygen atoms in total. The van der Waals surface area contributed by atoms with E-state index in [0.29, 0.717) is 5.16 Å². The van der Waals surface area contributed by atoms with E-state index >= 15 is 0 Å². The molecule has 0 aliphatic rings. The Labute approximate surface area is 95.9 Å². The van der Waals surface area contributed by atoms with Crippen molar-refractivity contribution < 1.29 is 5.11 Å². The number of hydrogen-bond acceptors (Lipinski definition) is 4. The number of nitrogens with zero attached hydrogens (tertiary/aromatic N) is 1. The van der Waals surface area contributed by atoms with Crippen LogP contribution in [0.2, 0.25) is 0 Å². The minimum atomic E-state index is -0.293. The van der Waals surface area contributed by atoms with Gasteiger partial charge in [0.1, 0.15) is 0 Å². The van der Waals surface area contributed by atoms with Crippen LogP contribution in [0.3, 0.4) is 0 Å². The fraction of sp³-hybridized carbons (Fsp3) is 0.200. The Morgan fingerprint density at radius 3 is 2.50 bits per heavy atom. The molecule has 16 heavy (non-hydrogen) atoms. The lowest BCUT2D eigenvalue weighted by Gasteiger charge is -2.00. The molecule has 0 aliphatic carbocycles. The van der Waals surface area contributed by atoms with Gasteiger partial charge in [0, 0.05) is 5.75 Å². The van der Waals surface area contributed by atoms with Gasteiger partial charge in [0.2, 0.25) is 0 Å². The highest BCUT2D eigenvalue weighted by Gasteiger charge is 2.00. The summed E-state index contributed by atoms with van der Waals surface area (Å²) in [4.78, 5) is 13.3. The van der Waals surface area contributed by atoms with Crippen molar-refractivity contribution in [2.45, 2.75) is 17.5 Å². The van der Waals surface area contributed by atoms with Gasteiger partial charge in [0.15, 0.2) is 5.16 Å². The number of rotatable bonds is 4. The van der Waals surface area contributed by atoms with E-state index in [2.05, 4.69) is 15.2 Å². The zero-order valence-corrected chi connectivity index (χ0v) is 9.25. The molecule has 0 spiro atoms. The minimum Gasteiger partial charge on any atom is -0.392 e. The summed E-state index contributed by atoms with van der Waals surface area (Å²) in [6.45, 7) is 0.0557. The zero-order valence-electron chi connectivity index (χ0n) is 8.43. The Morgan fingerprint density at radius 2 is 1.94 bits per heavy atom. The summed E-state index contributed by atoms with van der Waals surface area (Å²) in [5.74, 6) is 0.729. The van der Waals surface area contributed by atoms with Crippen LogP contribution in [0.25, 0.3) is 0 Å². The molecule has 1 aromatic carbocycles. The molecule has 0 atom stereocenters. The van der Waals surface area contributed by atoms with Crippen molar-refractivity contribution in [2.24, 2.45) is 0 Å². The van der Waals surface area contributed by atoms with E-state index in [1.807, 2.05) is 24.3 Å². The number of aliphatic hydroxyl groups excluding tert-OH is 1. The van der Waals surface area contributed by atoms with Crippen LogP contribution in [0, 0.1) is 0 Å². The summed E-state index contributed by atoms with van der Waals surface area (Å²) < 4.78 is 0. The first kappa shape index (κ1) is 11.0. The molecule has 0 bridgehead atoms. The van der Waals surface area contributed by atoms with E-state index in [-0.39, 0.29) is 12.3 Å². The molecule has 0 fully saturated rings. The van der Waals surface area contributed by atoms with Gasteiger partial charge in [-0.15, -0.1) is 5.10 Å². The van der Waals surface area contributed by atoms with E-state index in [9.17, 15) is 4.79 Å². The van der Waals surface area contributed by atoms with E-state index < -0.39 is 0 Å². The van der Waals surface area contributed by atoms with Crippen molar-refractivity contribution in [3.05, 3.63) is 45.9 Å². The molecule has 1 aromatic heterocycles. The van der Waals surface area contributed by atoms with Crippen LogP contribution < -0.4 is 5.69 Å². The highest BCUT2D eigenvalue weighted by atomic mass is 32.2. The first-order chi connectivity index (χ1) is 7.78. The fourth-order valence-corrected chi connectivity index (χ4v) is 1.99. The average molecular weight is 237 g/mol. The number of aliphatic hydroxyl groups is 1. The van der Waals surface area contributed by atoms with Crippen molar-refractivity contribution in [3.8, 4) is 0 Å². The number of hydrogen-bond donors (Lipinski definition) is 3. The molecule has 0 amide bonds. The number of aromatic amines is 2. The molecule has 0 radical (unpaired) electrons. The van der Waals surface area contributed by atoms with E-state index in [1.54, 1.807) is 0 Å². The van der Waals surface area contributed by atoms with Crippen molar-refractivity contribution >= 4 is 11.8 Å². The van der Waals surface area contributed by atoms with Crippen molar-refractivity contribution in [1.82, 2.24) is 15.2 Å². The lowest BCUT2D eigenvalue weighted by molar-refractivity contribution is 0.282. The van der Waals surface area contributed by atoms with Crippen LogP contribution >= 0.6 is 11.8 Å². The topological polar surface area (TPSA) is 81.8 Å². The highest BCUT2D eigenvalue weighted by molar-refractivity contribution is 7.98.